The summed E-state index contributed by atoms with van der Waals surface area (Å²) in [5, 5.41) is 7.57. The number of aromatic nitrogens is 1. The predicted molar refractivity (Wildman–Crippen MR) is 181 cm³/mol. The Balaban J connectivity index is 1.55. The topological polar surface area (TPSA) is 4.93 Å². The van der Waals surface area contributed by atoms with Crippen molar-refractivity contribution in [1.82, 2.24) is 4.57 Å². The predicted octanol–water partition coefficient (Wildman–Crippen LogP) is 11.2. The fourth-order valence-electron chi connectivity index (χ4n) is 7.38. The molecule has 1 aliphatic rings. The van der Waals surface area contributed by atoms with E-state index in [2.05, 4.69) is 153 Å². The standard InChI is InChI=1S/C41H31N/c1-5-26(2)42-24-14-23-37(42)40-31-19-10-8-17-29(31)38(30-18-9-11-20-32(30)40)34-25-36-39(28-16-7-6-15-27(28)34)33-21-12-13-22-35(33)41(36,3)4/h5-25H,1-2H2,3-4H3. The summed E-state index contributed by atoms with van der Waals surface area (Å²) in [6.45, 7) is 13.0. The van der Waals surface area contributed by atoms with Gasteiger partial charge >= 0.3 is 0 Å². The summed E-state index contributed by atoms with van der Waals surface area (Å²) in [4.78, 5) is 0. The second-order valence-corrected chi connectivity index (χ2v) is 11.9. The molecule has 42 heavy (non-hydrogen) atoms. The van der Waals surface area contributed by atoms with Crippen molar-refractivity contribution in [3.63, 3.8) is 0 Å². The third kappa shape index (κ3) is 3.25. The van der Waals surface area contributed by atoms with E-state index in [0.29, 0.717) is 0 Å². The first-order chi connectivity index (χ1) is 20.5. The van der Waals surface area contributed by atoms with Crippen molar-refractivity contribution in [2.45, 2.75) is 19.3 Å². The maximum atomic E-state index is 4.27. The lowest BCUT2D eigenvalue weighted by Crippen LogP contribution is -2.15. The summed E-state index contributed by atoms with van der Waals surface area (Å²) in [5.41, 5.74) is 11.2. The van der Waals surface area contributed by atoms with Crippen molar-refractivity contribution in [1.29, 1.82) is 0 Å². The molecule has 0 atom stereocenters. The quantitative estimate of drug-likeness (QED) is 0.155. The van der Waals surface area contributed by atoms with Gasteiger partial charge in [0.1, 0.15) is 0 Å². The molecule has 0 saturated carbocycles. The van der Waals surface area contributed by atoms with Gasteiger partial charge in [-0.1, -0.05) is 124 Å². The molecule has 200 valence electrons. The van der Waals surface area contributed by atoms with Gasteiger partial charge in [-0.15, -0.1) is 0 Å². The first-order valence-electron chi connectivity index (χ1n) is 14.6. The van der Waals surface area contributed by atoms with E-state index in [0.717, 1.165) is 11.4 Å². The Morgan fingerprint density at radius 3 is 1.71 bits per heavy atom. The van der Waals surface area contributed by atoms with Gasteiger partial charge < -0.3 is 4.57 Å². The molecule has 0 spiro atoms. The molecular formula is C41H31N. The van der Waals surface area contributed by atoms with Crippen molar-refractivity contribution in [3.8, 4) is 33.5 Å². The molecule has 0 fully saturated rings. The Hall–Kier alpha value is -5.14. The van der Waals surface area contributed by atoms with Crippen LogP contribution in [-0.2, 0) is 5.41 Å². The summed E-state index contributed by atoms with van der Waals surface area (Å²) in [7, 11) is 0. The van der Waals surface area contributed by atoms with Gasteiger partial charge in [0, 0.05) is 22.9 Å². The van der Waals surface area contributed by atoms with Crippen LogP contribution < -0.4 is 0 Å². The number of allylic oxidation sites excluding steroid dienone is 2. The molecule has 0 N–H and O–H groups in total. The first kappa shape index (κ1) is 24.6. The molecule has 1 nitrogen and oxygen atoms in total. The molecule has 1 heteroatoms. The molecule has 8 rings (SSSR count). The Labute approximate surface area is 246 Å². The molecule has 0 aliphatic heterocycles. The van der Waals surface area contributed by atoms with Crippen LogP contribution in [0.3, 0.4) is 0 Å². The van der Waals surface area contributed by atoms with Gasteiger partial charge in [-0.05, 0) is 90.0 Å². The van der Waals surface area contributed by atoms with Crippen LogP contribution in [0.5, 0.6) is 0 Å². The van der Waals surface area contributed by atoms with Crippen LogP contribution in [0.15, 0.2) is 141 Å². The van der Waals surface area contributed by atoms with E-state index in [1.807, 2.05) is 6.08 Å². The number of hydrogen-bond donors (Lipinski definition) is 0. The first-order valence-corrected chi connectivity index (χ1v) is 14.6. The largest absolute Gasteiger partial charge is 0.317 e. The molecule has 0 saturated heterocycles. The molecule has 0 amide bonds. The molecular weight excluding hydrogens is 506 g/mol. The molecule has 0 unspecified atom stereocenters. The second-order valence-electron chi connectivity index (χ2n) is 11.9. The Morgan fingerprint density at radius 2 is 1.10 bits per heavy atom. The molecule has 1 aliphatic carbocycles. The van der Waals surface area contributed by atoms with E-state index < -0.39 is 0 Å². The van der Waals surface area contributed by atoms with Crippen LogP contribution in [0.4, 0.5) is 0 Å². The SMILES string of the molecule is C=CC(=C)n1cccc1-c1c2ccccc2c(-c2cc3c(c4ccccc24)-c2ccccc2C3(C)C)c2ccccc12. The minimum atomic E-state index is -0.0951. The molecule has 1 heterocycles. The van der Waals surface area contributed by atoms with Gasteiger partial charge in [0.05, 0.1) is 5.69 Å². The average Bonchev–Trinajstić information content (AvgIpc) is 3.60. The Morgan fingerprint density at radius 1 is 0.571 bits per heavy atom. The van der Waals surface area contributed by atoms with Crippen LogP contribution in [0.2, 0.25) is 0 Å². The van der Waals surface area contributed by atoms with Gasteiger partial charge in [0.25, 0.3) is 0 Å². The monoisotopic (exact) mass is 537 g/mol. The lowest BCUT2D eigenvalue weighted by molar-refractivity contribution is 0.661. The number of nitrogens with zero attached hydrogens (tertiary/aromatic N) is 1. The highest BCUT2D eigenvalue weighted by atomic mass is 15.0. The minimum absolute atomic E-state index is 0.0951. The zero-order chi connectivity index (χ0) is 28.6. The summed E-state index contributed by atoms with van der Waals surface area (Å²) in [5.74, 6) is 0. The Kier molecular flexibility index (Phi) is 5.24. The Bertz CT molecular complexity index is 2200. The normalized spacial score (nSPS) is 13.4. The van der Waals surface area contributed by atoms with Crippen molar-refractivity contribution in [3.05, 3.63) is 152 Å². The fraction of sp³-hybridized carbons (Fsp3) is 0.0732. The highest BCUT2D eigenvalue weighted by Crippen LogP contribution is 2.54. The smallest absolute Gasteiger partial charge is 0.0540 e. The van der Waals surface area contributed by atoms with Crippen LogP contribution in [0, 0.1) is 0 Å². The molecule has 7 aromatic rings. The lowest BCUT2D eigenvalue weighted by atomic mass is 9.79. The lowest BCUT2D eigenvalue weighted by Gasteiger charge is -2.24. The van der Waals surface area contributed by atoms with Gasteiger partial charge in [0.2, 0.25) is 0 Å². The third-order valence-electron chi connectivity index (χ3n) is 9.34. The van der Waals surface area contributed by atoms with Crippen molar-refractivity contribution >= 4 is 38.0 Å². The number of fused-ring (bicyclic) bond motifs is 7. The van der Waals surface area contributed by atoms with E-state index in [1.54, 1.807) is 0 Å². The van der Waals surface area contributed by atoms with Crippen LogP contribution >= 0.6 is 0 Å². The fourth-order valence-corrected chi connectivity index (χ4v) is 7.38. The minimum Gasteiger partial charge on any atom is -0.317 e. The molecule has 0 bridgehead atoms. The van der Waals surface area contributed by atoms with E-state index in [4.69, 9.17) is 0 Å². The van der Waals surface area contributed by atoms with E-state index >= 15 is 0 Å². The summed E-state index contributed by atoms with van der Waals surface area (Å²) < 4.78 is 2.14. The molecule has 1 aromatic heterocycles. The van der Waals surface area contributed by atoms with E-state index in [9.17, 15) is 0 Å². The van der Waals surface area contributed by atoms with Gasteiger partial charge in [-0.25, -0.2) is 0 Å². The molecule has 0 radical (unpaired) electrons. The van der Waals surface area contributed by atoms with Crippen LogP contribution in [0.25, 0.3) is 71.5 Å². The number of hydrogen-bond acceptors (Lipinski definition) is 0. The van der Waals surface area contributed by atoms with Gasteiger partial charge in [-0.2, -0.15) is 0 Å². The maximum absolute atomic E-state index is 4.27. The van der Waals surface area contributed by atoms with Crippen LogP contribution in [-0.4, -0.2) is 4.57 Å². The van der Waals surface area contributed by atoms with Crippen molar-refractivity contribution < 1.29 is 0 Å². The van der Waals surface area contributed by atoms with Gasteiger partial charge in [-0.3, -0.25) is 0 Å². The average molecular weight is 538 g/mol. The van der Waals surface area contributed by atoms with E-state index in [-0.39, 0.29) is 5.41 Å². The summed E-state index contributed by atoms with van der Waals surface area (Å²) in [6, 6.07) is 42.4. The zero-order valence-electron chi connectivity index (χ0n) is 24.0. The third-order valence-corrected chi connectivity index (χ3v) is 9.34. The molecule has 6 aromatic carbocycles. The second kappa shape index (κ2) is 8.93. The van der Waals surface area contributed by atoms with Crippen molar-refractivity contribution in [2.24, 2.45) is 0 Å². The zero-order valence-corrected chi connectivity index (χ0v) is 24.0. The van der Waals surface area contributed by atoms with Crippen LogP contribution in [0.1, 0.15) is 25.0 Å². The van der Waals surface area contributed by atoms with Crippen molar-refractivity contribution in [2.75, 3.05) is 0 Å². The summed E-state index contributed by atoms with van der Waals surface area (Å²) in [6.07, 6.45) is 3.89. The highest BCUT2D eigenvalue weighted by molar-refractivity contribution is 6.24. The van der Waals surface area contributed by atoms with E-state index in [1.165, 1.54) is 71.3 Å². The highest BCUT2D eigenvalue weighted by Gasteiger charge is 2.37. The number of rotatable bonds is 4. The maximum Gasteiger partial charge on any atom is 0.0540 e. The summed E-state index contributed by atoms with van der Waals surface area (Å²) >= 11 is 0. The number of benzene rings is 6. The van der Waals surface area contributed by atoms with Gasteiger partial charge in [0.15, 0.2) is 0 Å².